The summed E-state index contributed by atoms with van der Waals surface area (Å²) in [5.74, 6) is -0.642. The average Bonchev–Trinajstić information content (AvgIpc) is 3.43. The summed E-state index contributed by atoms with van der Waals surface area (Å²) in [6, 6.07) is 4.48. The summed E-state index contributed by atoms with van der Waals surface area (Å²) in [5.41, 5.74) is 5.83. The van der Waals surface area contributed by atoms with Gasteiger partial charge in [-0.15, -0.1) is 0 Å². The fraction of sp³-hybridized carbons (Fsp3) is 0.333. The molecule has 4 rings (SSSR count). The van der Waals surface area contributed by atoms with E-state index >= 15 is 0 Å². The number of carbonyl (C=O) groups excluding carboxylic acids is 2. The predicted molar refractivity (Wildman–Crippen MR) is 118 cm³/mol. The van der Waals surface area contributed by atoms with Crippen LogP contribution in [0.2, 0.25) is 0 Å². The number of nitrogens with two attached hydrogens (primary N) is 1. The number of nitrogens with one attached hydrogen (secondary N) is 2. The van der Waals surface area contributed by atoms with Crippen LogP contribution in [0.1, 0.15) is 13.1 Å². The Morgan fingerprint density at radius 1 is 1.30 bits per heavy atom. The van der Waals surface area contributed by atoms with Crippen molar-refractivity contribution in [3.8, 4) is 11.1 Å². The van der Waals surface area contributed by atoms with Crippen molar-refractivity contribution in [2.45, 2.75) is 13.1 Å². The zero-order chi connectivity index (χ0) is 23.5. The summed E-state index contributed by atoms with van der Waals surface area (Å²) in [6.07, 6.45) is 3.36. The van der Waals surface area contributed by atoms with Crippen LogP contribution < -0.4 is 21.6 Å². The maximum absolute atomic E-state index is 14.9. The van der Waals surface area contributed by atoms with E-state index in [1.807, 2.05) is 9.80 Å². The summed E-state index contributed by atoms with van der Waals surface area (Å²) in [6.45, 7) is 3.74. The monoisotopic (exact) mass is 457 g/mol. The number of anilines is 2. The molecule has 0 bridgehead atoms. The molecule has 11 nitrogen and oxygen atoms in total. The highest BCUT2D eigenvalue weighted by atomic mass is 19.1. The highest BCUT2D eigenvalue weighted by Gasteiger charge is 2.23. The highest BCUT2D eigenvalue weighted by molar-refractivity contribution is 5.90. The molecular formula is C21H24FN7O4. The second kappa shape index (κ2) is 9.38. The Labute approximate surface area is 187 Å². The van der Waals surface area contributed by atoms with Crippen molar-refractivity contribution in [2.75, 3.05) is 42.9 Å². The summed E-state index contributed by atoms with van der Waals surface area (Å²) in [5, 5.41) is 2.68. The van der Waals surface area contributed by atoms with Gasteiger partial charge in [0, 0.05) is 38.6 Å². The molecule has 33 heavy (non-hydrogen) atoms. The first-order chi connectivity index (χ1) is 15.8. The van der Waals surface area contributed by atoms with E-state index in [9.17, 15) is 18.8 Å². The molecule has 2 aromatic heterocycles. The molecule has 1 aliphatic heterocycles. The number of piperazine rings is 1. The number of H-pyrrole nitrogens is 1. The van der Waals surface area contributed by atoms with Crippen LogP contribution in [0.3, 0.4) is 0 Å². The van der Waals surface area contributed by atoms with Crippen molar-refractivity contribution in [3.05, 3.63) is 53.0 Å². The van der Waals surface area contributed by atoms with Crippen LogP contribution in [0, 0.1) is 5.82 Å². The number of aromatic nitrogens is 3. The Bertz CT molecular complexity index is 1200. The SMILES string of the molecule is CC(=O)C(N)n1cc(-c2ccc(N3CCN(CC(=O)Nc4ncc[nH]4)CC3)c(F)c2)c(=O)o1. The smallest absolute Gasteiger partial charge is 0.365 e. The Kier molecular flexibility index (Phi) is 6.38. The first-order valence-electron chi connectivity index (χ1n) is 10.4. The largest absolute Gasteiger partial charge is 0.367 e. The first kappa shape index (κ1) is 22.4. The van der Waals surface area contributed by atoms with Crippen LogP contribution in [0.5, 0.6) is 0 Å². The minimum absolute atomic E-state index is 0.115. The van der Waals surface area contributed by atoms with Crippen LogP contribution >= 0.6 is 0 Å². The molecule has 0 saturated carbocycles. The lowest BCUT2D eigenvalue weighted by molar-refractivity contribution is -0.121. The van der Waals surface area contributed by atoms with E-state index in [0.717, 1.165) is 4.74 Å². The van der Waals surface area contributed by atoms with Crippen molar-refractivity contribution in [1.29, 1.82) is 0 Å². The van der Waals surface area contributed by atoms with Crippen molar-refractivity contribution in [2.24, 2.45) is 5.73 Å². The number of ketones is 1. The third-order valence-electron chi connectivity index (χ3n) is 5.45. The maximum Gasteiger partial charge on any atom is 0.365 e. The fourth-order valence-corrected chi connectivity index (χ4v) is 3.65. The molecule has 1 unspecified atom stereocenters. The number of aromatic amines is 1. The lowest BCUT2D eigenvalue weighted by Gasteiger charge is -2.35. The van der Waals surface area contributed by atoms with Crippen LogP contribution in [-0.4, -0.2) is 64.0 Å². The van der Waals surface area contributed by atoms with E-state index in [1.54, 1.807) is 24.5 Å². The van der Waals surface area contributed by atoms with Gasteiger partial charge in [-0.2, -0.15) is 4.74 Å². The minimum atomic E-state index is -1.12. The predicted octanol–water partition coefficient (Wildman–Crippen LogP) is 0.778. The van der Waals surface area contributed by atoms with Gasteiger partial charge in [0.2, 0.25) is 11.9 Å². The molecule has 3 aromatic rings. The maximum atomic E-state index is 14.9. The van der Waals surface area contributed by atoms with Crippen LogP contribution in [0.4, 0.5) is 16.0 Å². The quantitative estimate of drug-likeness (QED) is 0.472. The summed E-state index contributed by atoms with van der Waals surface area (Å²) in [7, 11) is 0. The minimum Gasteiger partial charge on any atom is -0.367 e. The van der Waals surface area contributed by atoms with E-state index in [4.69, 9.17) is 10.3 Å². The highest BCUT2D eigenvalue weighted by Crippen LogP contribution is 2.26. The molecule has 3 heterocycles. The zero-order valence-electron chi connectivity index (χ0n) is 18.0. The number of imidazole rings is 1. The van der Waals surface area contributed by atoms with Gasteiger partial charge in [-0.1, -0.05) is 6.07 Å². The Balaban J connectivity index is 1.39. The first-order valence-corrected chi connectivity index (χ1v) is 10.4. The van der Waals surface area contributed by atoms with Gasteiger partial charge in [0.1, 0.15) is 5.82 Å². The average molecular weight is 457 g/mol. The number of amides is 1. The summed E-state index contributed by atoms with van der Waals surface area (Å²) in [4.78, 5) is 46.3. The lowest BCUT2D eigenvalue weighted by atomic mass is 10.1. The standard InChI is InChI=1S/C21H24FN7O4/c1-13(30)19(23)29-11-15(20(32)33-29)14-2-3-17(16(22)10-14)28-8-6-27(7-9-28)12-18(31)26-21-24-4-5-25-21/h2-5,10-11,19H,6-9,12,23H2,1H3,(H2,24,25,26,31). The van der Waals surface area contributed by atoms with Gasteiger partial charge in [0.05, 0.1) is 24.0 Å². The van der Waals surface area contributed by atoms with E-state index in [2.05, 4.69) is 15.3 Å². The number of benzene rings is 1. The van der Waals surface area contributed by atoms with Gasteiger partial charge in [-0.05, 0) is 24.6 Å². The van der Waals surface area contributed by atoms with Crippen LogP contribution in [0.15, 0.2) is 46.1 Å². The lowest BCUT2D eigenvalue weighted by Crippen LogP contribution is -2.49. The molecule has 1 aromatic carbocycles. The molecular weight excluding hydrogens is 433 g/mol. The van der Waals surface area contributed by atoms with E-state index < -0.39 is 17.6 Å². The molecule has 1 atom stereocenters. The number of rotatable bonds is 7. The number of hydrogen-bond acceptors (Lipinski definition) is 8. The van der Waals surface area contributed by atoms with Crippen molar-refractivity contribution < 1.29 is 18.5 Å². The van der Waals surface area contributed by atoms with Crippen molar-refractivity contribution >= 4 is 23.3 Å². The molecule has 1 amide bonds. The van der Waals surface area contributed by atoms with Crippen molar-refractivity contribution in [3.63, 3.8) is 0 Å². The topological polar surface area (TPSA) is 142 Å². The zero-order valence-corrected chi connectivity index (χ0v) is 18.0. The fourth-order valence-electron chi connectivity index (χ4n) is 3.65. The van der Waals surface area contributed by atoms with Gasteiger partial charge >= 0.3 is 5.63 Å². The molecule has 1 saturated heterocycles. The van der Waals surface area contributed by atoms with Crippen LogP contribution in [-0.2, 0) is 9.59 Å². The molecule has 1 aliphatic rings. The third kappa shape index (κ3) is 5.02. The number of halogens is 1. The van der Waals surface area contributed by atoms with Crippen LogP contribution in [0.25, 0.3) is 11.1 Å². The molecule has 0 spiro atoms. The second-order valence-corrected chi connectivity index (χ2v) is 7.75. The van der Waals surface area contributed by atoms with E-state index in [-0.39, 0.29) is 23.8 Å². The molecule has 174 valence electrons. The number of hydrogen-bond donors (Lipinski definition) is 3. The molecule has 1 fully saturated rings. The van der Waals surface area contributed by atoms with Gasteiger partial charge in [-0.3, -0.25) is 19.8 Å². The van der Waals surface area contributed by atoms with E-state index in [1.165, 1.54) is 19.2 Å². The Hall–Kier alpha value is -3.77. The molecule has 4 N–H and O–H groups in total. The third-order valence-corrected chi connectivity index (χ3v) is 5.45. The molecule has 0 radical (unpaired) electrons. The normalized spacial score (nSPS) is 15.4. The second-order valence-electron chi connectivity index (χ2n) is 7.75. The van der Waals surface area contributed by atoms with Gasteiger partial charge in [0.15, 0.2) is 11.9 Å². The molecule has 12 heteroatoms. The van der Waals surface area contributed by atoms with E-state index in [0.29, 0.717) is 43.4 Å². The number of carbonyl (C=O) groups is 2. The summed E-state index contributed by atoms with van der Waals surface area (Å²) >= 11 is 0. The Morgan fingerprint density at radius 2 is 2.06 bits per heavy atom. The molecule has 0 aliphatic carbocycles. The van der Waals surface area contributed by atoms with Crippen molar-refractivity contribution in [1.82, 2.24) is 19.6 Å². The number of Topliss-reactive ketones (excluding diaryl/α,β-unsaturated/α-hetero) is 1. The summed E-state index contributed by atoms with van der Waals surface area (Å²) < 4.78 is 20.9. The van der Waals surface area contributed by atoms with Gasteiger partial charge < -0.3 is 20.1 Å². The van der Waals surface area contributed by atoms with Gasteiger partial charge in [-0.25, -0.2) is 14.2 Å². The number of nitrogens with zero attached hydrogens (tertiary/aromatic N) is 4. The Morgan fingerprint density at radius 3 is 2.70 bits per heavy atom. The van der Waals surface area contributed by atoms with Gasteiger partial charge in [0.25, 0.3) is 0 Å².